The topological polar surface area (TPSA) is 34.2 Å². The summed E-state index contributed by atoms with van der Waals surface area (Å²) in [5.41, 5.74) is 0.844. The third-order valence-electron chi connectivity index (χ3n) is 2.90. The molecular formula is C14H15BrF2N2O. The Balaban J connectivity index is 2.73. The number of nitrogens with zero attached hydrogens (tertiary/aromatic N) is 1. The summed E-state index contributed by atoms with van der Waals surface area (Å²) in [6, 6.07) is 4.91. The highest BCUT2D eigenvalue weighted by atomic mass is 79.9. The Morgan fingerprint density at radius 1 is 1.40 bits per heavy atom. The summed E-state index contributed by atoms with van der Waals surface area (Å²) in [6.07, 6.45) is -1.72. The number of hydrogen-bond donors (Lipinski definition) is 1. The summed E-state index contributed by atoms with van der Waals surface area (Å²) in [5.74, 6) is 0.607. The number of nitrogens with one attached hydrogen (secondary N) is 1. The minimum Gasteiger partial charge on any atom is -0.496 e. The molecule has 6 heteroatoms. The predicted octanol–water partition coefficient (Wildman–Crippen LogP) is 4.77. The van der Waals surface area contributed by atoms with Crippen LogP contribution in [-0.4, -0.2) is 18.6 Å². The van der Waals surface area contributed by atoms with Crippen LogP contribution >= 0.6 is 15.9 Å². The SMILES string of the molecule is CCCNc1cc(C(F)F)nc2c(Br)ccc(OC)c12. The van der Waals surface area contributed by atoms with Gasteiger partial charge in [-0.2, -0.15) is 0 Å². The van der Waals surface area contributed by atoms with Crippen molar-refractivity contribution >= 4 is 32.5 Å². The fraction of sp³-hybridized carbons (Fsp3) is 0.357. The first-order valence-electron chi connectivity index (χ1n) is 6.27. The van der Waals surface area contributed by atoms with Crippen molar-refractivity contribution in [3.8, 4) is 5.75 Å². The van der Waals surface area contributed by atoms with E-state index in [1.807, 2.05) is 6.92 Å². The normalized spacial score (nSPS) is 11.1. The van der Waals surface area contributed by atoms with Crippen LogP contribution in [0.5, 0.6) is 5.75 Å². The van der Waals surface area contributed by atoms with Gasteiger partial charge in [-0.1, -0.05) is 6.92 Å². The van der Waals surface area contributed by atoms with E-state index in [0.29, 0.717) is 33.4 Å². The maximum absolute atomic E-state index is 13.0. The molecule has 1 heterocycles. The standard InChI is InChI=1S/C14H15BrF2N2O/c1-3-6-18-9-7-10(14(16)17)19-13-8(15)4-5-11(20-2)12(9)13/h4-5,7,14H,3,6H2,1-2H3,(H,18,19). The first-order valence-corrected chi connectivity index (χ1v) is 7.07. The molecule has 0 aliphatic carbocycles. The van der Waals surface area contributed by atoms with E-state index < -0.39 is 6.43 Å². The van der Waals surface area contributed by atoms with E-state index in [1.165, 1.54) is 6.07 Å². The number of methoxy groups -OCH3 is 1. The Labute approximate surface area is 124 Å². The van der Waals surface area contributed by atoms with Crippen LogP contribution in [0, 0.1) is 0 Å². The number of ether oxygens (including phenoxy) is 1. The average Bonchev–Trinajstić information content (AvgIpc) is 2.45. The molecule has 3 nitrogen and oxygen atoms in total. The van der Waals surface area contributed by atoms with Gasteiger partial charge in [0.1, 0.15) is 11.4 Å². The molecule has 0 saturated heterocycles. The first-order chi connectivity index (χ1) is 9.58. The average molecular weight is 345 g/mol. The second-order valence-corrected chi connectivity index (χ2v) is 5.15. The number of halogens is 3. The van der Waals surface area contributed by atoms with Crippen LogP contribution in [0.25, 0.3) is 10.9 Å². The van der Waals surface area contributed by atoms with E-state index in [-0.39, 0.29) is 5.69 Å². The zero-order valence-corrected chi connectivity index (χ0v) is 12.8. The molecule has 0 aliphatic heterocycles. The highest BCUT2D eigenvalue weighted by Crippen LogP contribution is 2.37. The van der Waals surface area contributed by atoms with Crippen LogP contribution in [0.2, 0.25) is 0 Å². The fourth-order valence-corrected chi connectivity index (χ4v) is 2.40. The third-order valence-corrected chi connectivity index (χ3v) is 3.54. The van der Waals surface area contributed by atoms with Gasteiger partial charge in [0, 0.05) is 16.7 Å². The van der Waals surface area contributed by atoms with Crippen molar-refractivity contribution < 1.29 is 13.5 Å². The number of rotatable bonds is 5. The molecule has 0 aliphatic rings. The molecule has 0 amide bonds. The number of anilines is 1. The second-order valence-electron chi connectivity index (χ2n) is 4.30. The monoisotopic (exact) mass is 344 g/mol. The zero-order valence-electron chi connectivity index (χ0n) is 11.2. The number of pyridine rings is 1. The van der Waals surface area contributed by atoms with Crippen LogP contribution in [0.3, 0.4) is 0 Å². The van der Waals surface area contributed by atoms with Crippen molar-refractivity contribution in [2.75, 3.05) is 19.0 Å². The number of benzene rings is 1. The molecule has 2 rings (SSSR count). The number of fused-ring (bicyclic) bond motifs is 1. The summed E-state index contributed by atoms with van der Waals surface area (Å²) < 4.78 is 31.9. The van der Waals surface area contributed by atoms with Gasteiger partial charge < -0.3 is 10.1 Å². The molecule has 0 fully saturated rings. The van der Waals surface area contributed by atoms with E-state index >= 15 is 0 Å². The molecule has 1 aromatic heterocycles. The van der Waals surface area contributed by atoms with Crippen LogP contribution < -0.4 is 10.1 Å². The zero-order chi connectivity index (χ0) is 14.7. The van der Waals surface area contributed by atoms with Crippen molar-refractivity contribution in [1.82, 2.24) is 4.98 Å². The van der Waals surface area contributed by atoms with Gasteiger partial charge in [0.05, 0.1) is 18.0 Å². The lowest BCUT2D eigenvalue weighted by atomic mass is 10.1. The molecule has 2 aromatic rings. The molecule has 1 aromatic carbocycles. The van der Waals surface area contributed by atoms with Gasteiger partial charge in [-0.05, 0) is 40.5 Å². The lowest BCUT2D eigenvalue weighted by Gasteiger charge is -2.14. The maximum Gasteiger partial charge on any atom is 0.280 e. The fourth-order valence-electron chi connectivity index (χ4n) is 1.98. The van der Waals surface area contributed by atoms with Gasteiger partial charge in [0.15, 0.2) is 0 Å². The largest absolute Gasteiger partial charge is 0.496 e. The van der Waals surface area contributed by atoms with E-state index in [2.05, 4.69) is 26.2 Å². The lowest BCUT2D eigenvalue weighted by Crippen LogP contribution is -2.04. The quantitative estimate of drug-likeness (QED) is 0.848. The van der Waals surface area contributed by atoms with Crippen molar-refractivity contribution in [3.63, 3.8) is 0 Å². The maximum atomic E-state index is 13.0. The Hall–Kier alpha value is -1.43. The van der Waals surface area contributed by atoms with E-state index in [4.69, 9.17) is 4.74 Å². The summed E-state index contributed by atoms with van der Waals surface area (Å²) >= 11 is 3.36. The molecule has 1 N–H and O–H groups in total. The van der Waals surface area contributed by atoms with Crippen LogP contribution in [0.1, 0.15) is 25.5 Å². The van der Waals surface area contributed by atoms with Gasteiger partial charge in [0.2, 0.25) is 0 Å². The summed E-state index contributed by atoms with van der Waals surface area (Å²) in [5, 5.41) is 3.87. The number of hydrogen-bond acceptors (Lipinski definition) is 3. The van der Waals surface area contributed by atoms with Gasteiger partial charge >= 0.3 is 0 Å². The number of aromatic nitrogens is 1. The van der Waals surface area contributed by atoms with Crippen LogP contribution in [-0.2, 0) is 0 Å². The van der Waals surface area contributed by atoms with Gasteiger partial charge in [-0.15, -0.1) is 0 Å². The summed E-state index contributed by atoms with van der Waals surface area (Å²) in [4.78, 5) is 4.03. The second kappa shape index (κ2) is 6.35. The Kier molecular flexibility index (Phi) is 4.75. The summed E-state index contributed by atoms with van der Waals surface area (Å²) in [6.45, 7) is 2.70. The van der Waals surface area contributed by atoms with Crippen molar-refractivity contribution in [2.45, 2.75) is 19.8 Å². The molecule has 0 spiro atoms. The minimum atomic E-state index is -2.61. The van der Waals surface area contributed by atoms with E-state index in [9.17, 15) is 8.78 Å². The van der Waals surface area contributed by atoms with Crippen molar-refractivity contribution in [2.24, 2.45) is 0 Å². The van der Waals surface area contributed by atoms with Gasteiger partial charge in [0.25, 0.3) is 6.43 Å². The highest BCUT2D eigenvalue weighted by molar-refractivity contribution is 9.10. The molecular weight excluding hydrogens is 330 g/mol. The first kappa shape index (κ1) is 15.0. The molecule has 0 unspecified atom stereocenters. The summed E-state index contributed by atoms with van der Waals surface area (Å²) in [7, 11) is 1.55. The number of alkyl halides is 2. The highest BCUT2D eigenvalue weighted by Gasteiger charge is 2.17. The molecule has 108 valence electrons. The van der Waals surface area contributed by atoms with Crippen molar-refractivity contribution in [3.05, 3.63) is 28.4 Å². The Morgan fingerprint density at radius 3 is 2.75 bits per heavy atom. The minimum absolute atomic E-state index is 0.245. The Morgan fingerprint density at radius 2 is 2.15 bits per heavy atom. The molecule has 20 heavy (non-hydrogen) atoms. The van der Waals surface area contributed by atoms with E-state index in [1.54, 1.807) is 19.2 Å². The third kappa shape index (κ3) is 2.85. The van der Waals surface area contributed by atoms with Gasteiger partial charge in [-0.3, -0.25) is 0 Å². The van der Waals surface area contributed by atoms with E-state index in [0.717, 1.165) is 6.42 Å². The van der Waals surface area contributed by atoms with Crippen LogP contribution in [0.4, 0.5) is 14.5 Å². The van der Waals surface area contributed by atoms with Crippen LogP contribution in [0.15, 0.2) is 22.7 Å². The molecule has 0 atom stereocenters. The lowest BCUT2D eigenvalue weighted by molar-refractivity contribution is 0.146. The molecule has 0 bridgehead atoms. The van der Waals surface area contributed by atoms with Gasteiger partial charge in [-0.25, -0.2) is 13.8 Å². The smallest absolute Gasteiger partial charge is 0.280 e. The molecule has 0 saturated carbocycles. The van der Waals surface area contributed by atoms with Crippen molar-refractivity contribution in [1.29, 1.82) is 0 Å². The molecule has 0 radical (unpaired) electrons. The Bertz CT molecular complexity index is 620. The predicted molar refractivity (Wildman–Crippen MR) is 79.7 cm³/mol.